The highest BCUT2D eigenvalue weighted by Crippen LogP contribution is 2.27. The SMILES string of the molecule is CO[C@H]1[C@H](OCC[Si](C)(C)C)O[C@H](COCc2ccccc2)[C@@H](O)[C@@H]1OC. The molecule has 0 spiro atoms. The summed E-state index contributed by atoms with van der Waals surface area (Å²) in [6.07, 6.45) is -3.01. The normalized spacial score (nSPS) is 29.0. The van der Waals surface area contributed by atoms with Crippen LogP contribution in [0.4, 0.5) is 0 Å². The Kier molecular flexibility index (Phi) is 8.88. The van der Waals surface area contributed by atoms with Crippen LogP contribution in [0.15, 0.2) is 30.3 Å². The lowest BCUT2D eigenvalue weighted by Gasteiger charge is -2.43. The molecule has 7 heteroatoms. The van der Waals surface area contributed by atoms with Crippen LogP contribution in [0.25, 0.3) is 0 Å². The maximum Gasteiger partial charge on any atom is 0.186 e. The van der Waals surface area contributed by atoms with Gasteiger partial charge < -0.3 is 28.8 Å². The highest BCUT2D eigenvalue weighted by Gasteiger charge is 2.46. The summed E-state index contributed by atoms with van der Waals surface area (Å²) in [5.74, 6) is 0. The van der Waals surface area contributed by atoms with E-state index in [2.05, 4.69) is 19.6 Å². The minimum atomic E-state index is -1.21. The number of aliphatic hydroxyl groups excluding tert-OH is 1. The van der Waals surface area contributed by atoms with Crippen molar-refractivity contribution in [1.29, 1.82) is 0 Å². The van der Waals surface area contributed by atoms with Crippen LogP contribution in [-0.4, -0.2) is 71.3 Å². The fraction of sp³-hybridized carbons (Fsp3) is 0.700. The highest BCUT2D eigenvalue weighted by atomic mass is 28.3. The smallest absolute Gasteiger partial charge is 0.186 e. The van der Waals surface area contributed by atoms with E-state index in [0.29, 0.717) is 13.2 Å². The Balaban J connectivity index is 1.94. The summed E-state index contributed by atoms with van der Waals surface area (Å²) in [4.78, 5) is 0. The van der Waals surface area contributed by atoms with E-state index < -0.39 is 38.8 Å². The second kappa shape index (κ2) is 10.7. The summed E-state index contributed by atoms with van der Waals surface area (Å²) in [5.41, 5.74) is 1.07. The summed E-state index contributed by atoms with van der Waals surface area (Å²) in [5, 5.41) is 10.6. The van der Waals surface area contributed by atoms with Gasteiger partial charge in [0.25, 0.3) is 0 Å². The van der Waals surface area contributed by atoms with E-state index in [9.17, 15) is 5.11 Å². The zero-order valence-corrected chi connectivity index (χ0v) is 18.1. The van der Waals surface area contributed by atoms with Gasteiger partial charge in [-0.3, -0.25) is 0 Å². The molecule has 0 aliphatic carbocycles. The molecule has 1 aliphatic heterocycles. The van der Waals surface area contributed by atoms with Gasteiger partial charge >= 0.3 is 0 Å². The van der Waals surface area contributed by atoms with Gasteiger partial charge in [-0.25, -0.2) is 0 Å². The van der Waals surface area contributed by atoms with Gasteiger partial charge in [-0.2, -0.15) is 0 Å². The number of ether oxygens (including phenoxy) is 5. The van der Waals surface area contributed by atoms with Crippen LogP contribution in [0.2, 0.25) is 25.7 Å². The average Bonchev–Trinajstić information content (AvgIpc) is 2.63. The first-order valence-electron chi connectivity index (χ1n) is 9.48. The molecule has 1 aromatic rings. The van der Waals surface area contributed by atoms with E-state index in [0.717, 1.165) is 11.6 Å². The van der Waals surface area contributed by atoms with Crippen molar-refractivity contribution in [2.45, 2.75) is 63.0 Å². The van der Waals surface area contributed by atoms with Gasteiger partial charge in [0.1, 0.15) is 24.4 Å². The summed E-state index contributed by atoms with van der Waals surface area (Å²) in [6.45, 7) is 8.21. The Morgan fingerprint density at radius 3 is 2.30 bits per heavy atom. The third-order valence-corrected chi connectivity index (χ3v) is 6.39. The van der Waals surface area contributed by atoms with E-state index in [4.69, 9.17) is 23.7 Å². The quantitative estimate of drug-likeness (QED) is 0.611. The number of benzene rings is 1. The number of methoxy groups -OCH3 is 2. The minimum Gasteiger partial charge on any atom is -0.387 e. The standard InChI is InChI=1S/C20H34O6Si/c1-22-18-17(21)16(14-24-13-15-9-7-6-8-10-15)26-20(19(18)23-2)25-11-12-27(3,4)5/h6-10,16-21H,11-14H2,1-5H3/t16-,17-,18+,19-,20-/m1/s1. The molecule has 1 aliphatic rings. The van der Waals surface area contributed by atoms with Crippen molar-refractivity contribution in [3.63, 3.8) is 0 Å². The summed E-state index contributed by atoms with van der Waals surface area (Å²) >= 11 is 0. The molecule has 0 aromatic heterocycles. The maximum atomic E-state index is 10.6. The Labute approximate surface area is 163 Å². The second-order valence-electron chi connectivity index (χ2n) is 8.12. The van der Waals surface area contributed by atoms with Crippen molar-refractivity contribution in [3.8, 4) is 0 Å². The number of rotatable bonds is 10. The highest BCUT2D eigenvalue weighted by molar-refractivity contribution is 6.76. The fourth-order valence-corrected chi connectivity index (χ4v) is 3.76. The molecule has 0 radical (unpaired) electrons. The third-order valence-electron chi connectivity index (χ3n) is 4.69. The molecule has 1 fully saturated rings. The Morgan fingerprint density at radius 1 is 1.04 bits per heavy atom. The topological polar surface area (TPSA) is 66.4 Å². The summed E-state index contributed by atoms with van der Waals surface area (Å²) in [6, 6.07) is 10.9. The van der Waals surface area contributed by atoms with Crippen molar-refractivity contribution in [3.05, 3.63) is 35.9 Å². The Hall–Kier alpha value is -0.803. The van der Waals surface area contributed by atoms with Crippen molar-refractivity contribution in [1.82, 2.24) is 0 Å². The average molecular weight is 399 g/mol. The van der Waals surface area contributed by atoms with Gasteiger partial charge in [-0.05, 0) is 11.6 Å². The number of hydrogen-bond donors (Lipinski definition) is 1. The first-order valence-corrected chi connectivity index (χ1v) is 13.2. The largest absolute Gasteiger partial charge is 0.387 e. The molecule has 2 rings (SSSR count). The van der Waals surface area contributed by atoms with Crippen LogP contribution in [-0.2, 0) is 30.3 Å². The second-order valence-corrected chi connectivity index (χ2v) is 13.7. The molecule has 0 saturated carbocycles. The van der Waals surface area contributed by atoms with Gasteiger partial charge in [-0.1, -0.05) is 50.0 Å². The van der Waals surface area contributed by atoms with Gasteiger partial charge in [-0.15, -0.1) is 0 Å². The predicted molar refractivity (Wildman–Crippen MR) is 106 cm³/mol. The van der Waals surface area contributed by atoms with Crippen LogP contribution in [0.5, 0.6) is 0 Å². The summed E-state index contributed by atoms with van der Waals surface area (Å²) < 4.78 is 28.8. The zero-order valence-electron chi connectivity index (χ0n) is 17.1. The molecular weight excluding hydrogens is 364 g/mol. The van der Waals surface area contributed by atoms with Gasteiger partial charge in [0.15, 0.2) is 6.29 Å². The van der Waals surface area contributed by atoms with Crippen LogP contribution in [0, 0.1) is 0 Å². The van der Waals surface area contributed by atoms with Crippen LogP contribution >= 0.6 is 0 Å². The van der Waals surface area contributed by atoms with Crippen LogP contribution in [0.1, 0.15) is 5.56 Å². The lowest BCUT2D eigenvalue weighted by atomic mass is 9.99. The van der Waals surface area contributed by atoms with Gasteiger partial charge in [0.2, 0.25) is 0 Å². The molecule has 5 atom stereocenters. The van der Waals surface area contributed by atoms with Crippen molar-refractivity contribution >= 4 is 8.07 Å². The fourth-order valence-electron chi connectivity index (χ4n) is 3.03. The van der Waals surface area contributed by atoms with Crippen molar-refractivity contribution in [2.24, 2.45) is 0 Å². The van der Waals surface area contributed by atoms with Crippen molar-refractivity contribution in [2.75, 3.05) is 27.4 Å². The Morgan fingerprint density at radius 2 is 1.70 bits per heavy atom. The van der Waals surface area contributed by atoms with E-state index >= 15 is 0 Å². The van der Waals surface area contributed by atoms with E-state index in [1.165, 1.54) is 0 Å². The number of aliphatic hydroxyl groups is 1. The first-order chi connectivity index (χ1) is 12.9. The minimum absolute atomic E-state index is 0.250. The molecule has 6 nitrogen and oxygen atoms in total. The number of hydrogen-bond acceptors (Lipinski definition) is 6. The van der Waals surface area contributed by atoms with E-state index in [1.54, 1.807) is 14.2 Å². The van der Waals surface area contributed by atoms with Crippen LogP contribution < -0.4 is 0 Å². The monoisotopic (exact) mass is 398 g/mol. The lowest BCUT2D eigenvalue weighted by Crippen LogP contribution is -2.60. The predicted octanol–water partition coefficient (Wildman–Crippen LogP) is 2.67. The first kappa shape index (κ1) is 22.5. The van der Waals surface area contributed by atoms with E-state index in [1.807, 2.05) is 30.3 Å². The molecule has 27 heavy (non-hydrogen) atoms. The third kappa shape index (κ3) is 6.94. The molecule has 1 N–H and O–H groups in total. The van der Waals surface area contributed by atoms with Crippen molar-refractivity contribution < 1.29 is 28.8 Å². The molecule has 1 aromatic carbocycles. The molecule has 154 valence electrons. The summed E-state index contributed by atoms with van der Waals surface area (Å²) in [7, 11) is 1.92. The molecule has 0 unspecified atom stereocenters. The molecule has 1 heterocycles. The molecule has 0 amide bonds. The van der Waals surface area contributed by atoms with E-state index in [-0.39, 0.29) is 6.61 Å². The molecular formula is C20H34O6Si. The molecule has 1 saturated heterocycles. The zero-order chi connectivity index (χ0) is 19.9. The van der Waals surface area contributed by atoms with Gasteiger partial charge in [0, 0.05) is 28.9 Å². The van der Waals surface area contributed by atoms with Crippen LogP contribution in [0.3, 0.4) is 0 Å². The van der Waals surface area contributed by atoms with Gasteiger partial charge in [0.05, 0.1) is 13.2 Å². The Bertz CT molecular complexity index is 535. The lowest BCUT2D eigenvalue weighted by molar-refractivity contribution is -0.310. The maximum absolute atomic E-state index is 10.6. The molecule has 0 bridgehead atoms.